The van der Waals surface area contributed by atoms with Gasteiger partial charge in [0.2, 0.25) is 0 Å². The Hall–Kier alpha value is -7.42. The number of benzene rings is 9. The molecule has 0 atom stereocenters. The lowest BCUT2D eigenvalue weighted by Gasteiger charge is -2.42. The molecular formula is C63H50N2. The van der Waals surface area contributed by atoms with Crippen LogP contribution < -0.4 is 9.80 Å². The fraction of sp³-hybridized carbons (Fsp3) is 0.143. The zero-order chi connectivity index (χ0) is 44.0. The van der Waals surface area contributed by atoms with Crippen molar-refractivity contribution in [3.8, 4) is 33.4 Å². The number of fused-ring (bicyclic) bond motifs is 10. The van der Waals surface area contributed by atoms with Crippen LogP contribution in [0.4, 0.5) is 34.1 Å². The maximum Gasteiger partial charge on any atom is 0.0502 e. The van der Waals surface area contributed by atoms with Gasteiger partial charge in [0.1, 0.15) is 0 Å². The Morgan fingerprint density at radius 3 is 1.34 bits per heavy atom. The Kier molecular flexibility index (Phi) is 7.80. The summed E-state index contributed by atoms with van der Waals surface area (Å²) in [6, 6.07) is 68.5. The summed E-state index contributed by atoms with van der Waals surface area (Å²) in [4.78, 5) is 4.95. The molecule has 0 N–H and O–H groups in total. The highest BCUT2D eigenvalue weighted by Crippen LogP contribution is 2.57. The molecule has 0 bridgehead atoms. The van der Waals surface area contributed by atoms with Crippen molar-refractivity contribution in [2.24, 2.45) is 0 Å². The number of anilines is 6. The highest BCUT2D eigenvalue weighted by Gasteiger charge is 2.40. The van der Waals surface area contributed by atoms with Crippen LogP contribution in [0, 0.1) is 0 Å². The van der Waals surface area contributed by atoms with Gasteiger partial charge in [-0.25, -0.2) is 0 Å². The smallest absolute Gasteiger partial charge is 0.0502 e. The lowest BCUT2D eigenvalue weighted by atomic mass is 9.73. The molecule has 9 aromatic carbocycles. The van der Waals surface area contributed by atoms with Crippen LogP contribution in [0.1, 0.15) is 86.1 Å². The Balaban J connectivity index is 0.840. The molecular weight excluding hydrogens is 785 g/mol. The molecule has 0 amide bonds. The van der Waals surface area contributed by atoms with Gasteiger partial charge in [-0.05, 0) is 137 Å². The molecule has 0 radical (unpaired) electrons. The summed E-state index contributed by atoms with van der Waals surface area (Å²) >= 11 is 0. The van der Waals surface area contributed by atoms with E-state index < -0.39 is 0 Å². The van der Waals surface area contributed by atoms with Crippen LogP contribution in [0.25, 0.3) is 56.3 Å². The van der Waals surface area contributed by atoms with E-state index in [4.69, 9.17) is 0 Å². The second-order valence-electron chi connectivity index (χ2n) is 20.1. The minimum absolute atomic E-state index is 0.0888. The first-order valence-corrected chi connectivity index (χ1v) is 23.2. The van der Waals surface area contributed by atoms with Gasteiger partial charge in [-0.1, -0.05) is 187 Å². The van der Waals surface area contributed by atoms with Gasteiger partial charge in [-0.15, -0.1) is 0 Å². The first-order chi connectivity index (χ1) is 31.5. The fourth-order valence-electron chi connectivity index (χ4n) is 12.2. The van der Waals surface area contributed by atoms with Crippen molar-refractivity contribution in [2.45, 2.75) is 57.8 Å². The van der Waals surface area contributed by atoms with E-state index in [0.29, 0.717) is 0 Å². The molecule has 9 aromatic rings. The summed E-state index contributed by atoms with van der Waals surface area (Å²) in [6.07, 6.45) is 4.63. The molecule has 2 aliphatic carbocycles. The van der Waals surface area contributed by atoms with E-state index in [9.17, 15) is 0 Å². The molecule has 0 saturated heterocycles. The summed E-state index contributed by atoms with van der Waals surface area (Å²) in [5, 5.41) is 2.63. The van der Waals surface area contributed by atoms with Crippen LogP contribution >= 0.6 is 0 Å². The molecule has 312 valence electrons. The van der Waals surface area contributed by atoms with E-state index in [2.05, 4.69) is 245 Å². The Labute approximate surface area is 382 Å². The second kappa shape index (κ2) is 13.3. The van der Waals surface area contributed by atoms with Crippen LogP contribution in [0.5, 0.6) is 0 Å². The third kappa shape index (κ3) is 5.23. The predicted octanol–water partition coefficient (Wildman–Crippen LogP) is 17.2. The number of para-hydroxylation sites is 4. The summed E-state index contributed by atoms with van der Waals surface area (Å²) in [5.74, 6) is 0. The Bertz CT molecular complexity index is 3440. The minimum Gasteiger partial charge on any atom is -0.310 e. The molecule has 2 nitrogen and oxygen atoms in total. The summed E-state index contributed by atoms with van der Waals surface area (Å²) in [6.45, 7) is 14.2. The van der Waals surface area contributed by atoms with Crippen molar-refractivity contribution in [1.29, 1.82) is 0 Å². The van der Waals surface area contributed by atoms with Gasteiger partial charge < -0.3 is 9.80 Å². The van der Waals surface area contributed by atoms with Gasteiger partial charge in [0.25, 0.3) is 0 Å². The van der Waals surface area contributed by atoms with Crippen LogP contribution in [-0.4, -0.2) is 0 Å². The number of hydrogen-bond acceptors (Lipinski definition) is 2. The first-order valence-electron chi connectivity index (χ1n) is 23.2. The Morgan fingerprint density at radius 1 is 0.323 bits per heavy atom. The van der Waals surface area contributed by atoms with E-state index >= 15 is 0 Å². The monoisotopic (exact) mass is 834 g/mol. The topological polar surface area (TPSA) is 6.48 Å². The molecule has 2 heteroatoms. The van der Waals surface area contributed by atoms with E-state index in [1.165, 1.54) is 123 Å². The van der Waals surface area contributed by atoms with Gasteiger partial charge in [0.05, 0.1) is 22.7 Å². The Morgan fingerprint density at radius 2 is 0.769 bits per heavy atom. The van der Waals surface area contributed by atoms with E-state index in [-0.39, 0.29) is 16.2 Å². The molecule has 65 heavy (non-hydrogen) atoms. The fourth-order valence-corrected chi connectivity index (χ4v) is 12.2. The van der Waals surface area contributed by atoms with Crippen LogP contribution in [0.2, 0.25) is 0 Å². The SMILES string of the molecule is CC1(C)c2cc(C=Cc3ccc4c5c(cccc35)-c3cc(N5c6ccccc6C(C)(C)c6ccccc65)ccc3-4)ccc2-c2ccc(N3c4ccccc4C(C)(C)c4ccccc43)cc21. The van der Waals surface area contributed by atoms with Gasteiger partial charge >= 0.3 is 0 Å². The van der Waals surface area contributed by atoms with Crippen molar-refractivity contribution in [3.63, 3.8) is 0 Å². The zero-order valence-corrected chi connectivity index (χ0v) is 37.9. The highest BCUT2D eigenvalue weighted by molar-refractivity contribution is 6.18. The van der Waals surface area contributed by atoms with Crippen LogP contribution in [-0.2, 0) is 16.2 Å². The molecule has 0 aromatic heterocycles. The lowest BCUT2D eigenvalue weighted by molar-refractivity contribution is 0.631. The molecule has 0 spiro atoms. The van der Waals surface area contributed by atoms with Gasteiger partial charge in [0, 0.05) is 27.6 Å². The summed E-state index contributed by atoms with van der Waals surface area (Å²) in [5.41, 5.74) is 25.5. The van der Waals surface area contributed by atoms with Crippen molar-refractivity contribution in [1.82, 2.24) is 0 Å². The maximum atomic E-state index is 2.48. The lowest BCUT2D eigenvalue weighted by Crippen LogP contribution is -2.30. The summed E-state index contributed by atoms with van der Waals surface area (Å²) in [7, 11) is 0. The van der Waals surface area contributed by atoms with Gasteiger partial charge in [-0.2, -0.15) is 0 Å². The first kappa shape index (κ1) is 38.1. The quantitative estimate of drug-likeness (QED) is 0.163. The van der Waals surface area contributed by atoms with Crippen molar-refractivity contribution >= 4 is 57.0 Å². The van der Waals surface area contributed by atoms with Crippen LogP contribution in [0.3, 0.4) is 0 Å². The van der Waals surface area contributed by atoms with Gasteiger partial charge in [-0.3, -0.25) is 0 Å². The molecule has 13 rings (SSSR count). The second-order valence-corrected chi connectivity index (χ2v) is 20.1. The molecule has 4 aliphatic rings. The predicted molar refractivity (Wildman–Crippen MR) is 275 cm³/mol. The normalized spacial score (nSPS) is 16.1. The maximum absolute atomic E-state index is 2.48. The van der Waals surface area contributed by atoms with Crippen molar-refractivity contribution in [3.05, 3.63) is 226 Å². The average Bonchev–Trinajstić information content (AvgIpc) is 3.76. The van der Waals surface area contributed by atoms with Crippen molar-refractivity contribution in [2.75, 3.05) is 9.80 Å². The standard InChI is InChI=1S/C63H50N2/c1-61(2)50-18-7-11-22-56(50)64(57-23-12-8-19-51(57)61)41-30-34-44-48-33-29-40(43-16-15-17-47(60(43)48)49(44)37-41)28-26-39-27-32-45-46-35-31-42(38-55(46)63(5,6)54(45)36-39)65-58-24-13-9-20-52(58)62(3,4)53-21-10-14-25-59(53)65/h7-38H,1-6H3. The summed E-state index contributed by atoms with van der Waals surface area (Å²) < 4.78 is 0. The van der Waals surface area contributed by atoms with E-state index in [0.717, 1.165) is 0 Å². The van der Waals surface area contributed by atoms with Crippen LogP contribution in [0.15, 0.2) is 182 Å². The highest BCUT2D eigenvalue weighted by atomic mass is 15.2. The number of hydrogen-bond donors (Lipinski definition) is 0. The molecule has 2 heterocycles. The zero-order valence-electron chi connectivity index (χ0n) is 37.9. The number of nitrogens with zero attached hydrogens (tertiary/aromatic N) is 2. The molecule has 0 fully saturated rings. The van der Waals surface area contributed by atoms with E-state index in [1.54, 1.807) is 0 Å². The largest absolute Gasteiger partial charge is 0.310 e. The third-order valence-corrected chi connectivity index (χ3v) is 15.6. The van der Waals surface area contributed by atoms with E-state index in [1.807, 2.05) is 0 Å². The van der Waals surface area contributed by atoms with Crippen molar-refractivity contribution < 1.29 is 0 Å². The minimum atomic E-state index is -0.167. The third-order valence-electron chi connectivity index (χ3n) is 15.6. The van der Waals surface area contributed by atoms with Gasteiger partial charge in [0.15, 0.2) is 0 Å². The molecule has 2 aliphatic heterocycles. The molecule has 0 saturated carbocycles. The average molecular weight is 835 g/mol. The molecule has 0 unspecified atom stereocenters. The number of rotatable bonds is 4.